The van der Waals surface area contributed by atoms with E-state index in [4.69, 9.17) is 34.1 Å². The molecule has 19 nitrogen and oxygen atoms in total. The second-order valence-electron chi connectivity index (χ2n) is 17.4. The van der Waals surface area contributed by atoms with Gasteiger partial charge in [-0.3, -0.25) is 19.6 Å². The minimum absolute atomic E-state index is 0. The molecule has 0 bridgehead atoms. The Morgan fingerprint density at radius 1 is 0.605 bits per heavy atom. The summed E-state index contributed by atoms with van der Waals surface area (Å²) in [5.74, 6) is -1.45. The minimum atomic E-state index is -3.53. The first-order valence-corrected chi connectivity index (χ1v) is 28.3. The number of aliphatic hydroxyl groups excluding tert-OH is 2. The number of nitrogens with zero attached hydrogens (tertiary/aromatic N) is 4. The number of pyridine rings is 4. The van der Waals surface area contributed by atoms with Gasteiger partial charge < -0.3 is 44.7 Å². The van der Waals surface area contributed by atoms with Gasteiger partial charge in [0.05, 0.1) is 43.8 Å². The number of carboxylic acids is 2. The monoisotopic (exact) mass is 1250 g/mol. The summed E-state index contributed by atoms with van der Waals surface area (Å²) >= 11 is 7.16. The Bertz CT molecular complexity index is 3020. The van der Waals surface area contributed by atoms with E-state index in [9.17, 15) is 36.6 Å². The van der Waals surface area contributed by atoms with Crippen LogP contribution in [0.4, 0.5) is 0 Å². The number of rotatable bonds is 27. The van der Waals surface area contributed by atoms with Crippen LogP contribution in [0.2, 0.25) is 0 Å². The lowest BCUT2D eigenvalue weighted by molar-refractivity contribution is -0.140. The lowest BCUT2D eigenvalue weighted by Gasteiger charge is -2.18. The van der Waals surface area contributed by atoms with E-state index < -0.39 is 50.2 Å². The molecule has 2 atom stereocenters. The summed E-state index contributed by atoms with van der Waals surface area (Å²) in [5.41, 5.74) is 7.66. The Labute approximate surface area is 471 Å². The van der Waals surface area contributed by atoms with Crippen molar-refractivity contribution in [3.63, 3.8) is 0 Å². The molecule has 0 amide bonds. The molecule has 4 heterocycles. The van der Waals surface area contributed by atoms with E-state index in [1.165, 1.54) is 36.9 Å². The summed E-state index contributed by atoms with van der Waals surface area (Å²) in [6.45, 7) is 4.17. The predicted molar refractivity (Wildman–Crippen MR) is 299 cm³/mol. The van der Waals surface area contributed by atoms with Crippen LogP contribution in [0.1, 0.15) is 70.2 Å². The molecule has 5 N–H and O–H groups in total. The molecule has 6 rings (SSSR count). The summed E-state index contributed by atoms with van der Waals surface area (Å²) in [6.07, 6.45) is 5.71. The number of carbonyl (C=O) groups is 2. The minimum Gasteiger partial charge on any atom is -0.481 e. The van der Waals surface area contributed by atoms with Crippen molar-refractivity contribution >= 4 is 90.5 Å². The number of halogens is 2. The van der Waals surface area contributed by atoms with Crippen LogP contribution in [0, 0.1) is 13.8 Å². The number of aliphatic hydroxyl groups is 2. The molecule has 6 aromatic rings. The maximum atomic E-state index is 12.2. The highest BCUT2D eigenvalue weighted by Gasteiger charge is 2.20. The smallest absolute Gasteiger partial charge is 0.306 e. The van der Waals surface area contributed by atoms with Crippen LogP contribution in [0.25, 0.3) is 11.1 Å². The standard InChI is InChI=1S/C51H55Br2N5O14S2.2H2S/c1-30-35(28-71-50-44(52)16-34(8-5-11-38(59)18-46(61)62)48(57-50)69-26-32-14-40(24-54-20-32)73(3,65)66)9-6-12-42(30)43-13-7-10-36(31(43)2)29-72-51-45(53)17-37(22-56-23-39(60)19-47(63)64)49(58-51)70-27-33-15-41(25-55-21-33)74(4,67)68;;/h6-7,9-10,12-17,20-21,24-25,38-39,56,59-60H,5,8,11,18-19,22-23,26-29H2,1-4H3,(H,61,62)(H,63,64);2*1H2/t38-,39+;;/m1../s1. The molecule has 25 heteroatoms. The molecule has 0 fully saturated rings. The van der Waals surface area contributed by atoms with Crippen molar-refractivity contribution in [2.24, 2.45) is 0 Å². The highest BCUT2D eigenvalue weighted by atomic mass is 79.9. The van der Waals surface area contributed by atoms with E-state index in [0.717, 1.165) is 45.9 Å². The SMILES string of the molecule is Cc1c(COc2nc(OCc3cncc(S(C)(=O)=O)c3)c(CCC[C@@H](O)CC(=O)O)cc2Br)cccc1-c1cccc(COc2nc(OCc3cncc(S(C)(=O)=O)c3)c(CNC[C@@H](O)CC(=O)O)cc2Br)c1C.S.S. The molecule has 0 saturated heterocycles. The zero-order valence-electron chi connectivity index (χ0n) is 41.7. The fourth-order valence-corrected chi connectivity index (χ4v) is 9.77. The topological polar surface area (TPSA) is 284 Å². The van der Waals surface area contributed by atoms with Gasteiger partial charge in [0.1, 0.15) is 26.4 Å². The Balaban J connectivity index is 0.00000624. The predicted octanol–water partition coefficient (Wildman–Crippen LogP) is 7.51. The molecule has 0 aliphatic rings. The Hall–Kier alpha value is -5.38. The van der Waals surface area contributed by atoms with Gasteiger partial charge >= 0.3 is 11.9 Å². The summed E-state index contributed by atoms with van der Waals surface area (Å²) in [7, 11) is -7.06. The van der Waals surface area contributed by atoms with Gasteiger partial charge in [0.15, 0.2) is 19.7 Å². The number of aryl methyl sites for hydroxylation is 1. The number of ether oxygens (including phenoxy) is 4. The van der Waals surface area contributed by atoms with E-state index in [1.807, 2.05) is 50.2 Å². The fourth-order valence-electron chi connectivity index (χ4n) is 7.57. The number of hydrogen-bond donors (Lipinski definition) is 5. The molecule has 2 aromatic carbocycles. The van der Waals surface area contributed by atoms with Crippen molar-refractivity contribution in [3.05, 3.63) is 139 Å². The number of nitrogens with one attached hydrogen (secondary N) is 1. The molecule has 0 saturated carbocycles. The maximum Gasteiger partial charge on any atom is 0.306 e. The number of sulfone groups is 2. The van der Waals surface area contributed by atoms with Crippen molar-refractivity contribution in [2.45, 2.75) is 101 Å². The van der Waals surface area contributed by atoms with Gasteiger partial charge in [-0.2, -0.15) is 37.0 Å². The van der Waals surface area contributed by atoms with E-state index in [0.29, 0.717) is 44.0 Å². The fraction of sp³-hybridized carbons (Fsp3) is 0.333. The second-order valence-corrected chi connectivity index (χ2v) is 23.2. The first-order valence-electron chi connectivity index (χ1n) is 22.9. The quantitative estimate of drug-likeness (QED) is 0.0333. The first kappa shape index (κ1) is 63.2. The molecular weight excluding hydrogens is 1190 g/mol. The van der Waals surface area contributed by atoms with Crippen molar-refractivity contribution in [2.75, 3.05) is 19.1 Å². The summed E-state index contributed by atoms with van der Waals surface area (Å²) in [6, 6.07) is 18.2. The third kappa shape index (κ3) is 18.4. The lowest BCUT2D eigenvalue weighted by atomic mass is 9.92. The van der Waals surface area contributed by atoms with Crippen LogP contribution in [0.5, 0.6) is 23.5 Å². The average molecular weight is 1250 g/mol. The van der Waals surface area contributed by atoms with Crippen LogP contribution in [0.15, 0.2) is 104 Å². The van der Waals surface area contributed by atoms with Gasteiger partial charge in [0.2, 0.25) is 23.5 Å². The van der Waals surface area contributed by atoms with E-state index >= 15 is 0 Å². The van der Waals surface area contributed by atoms with Crippen molar-refractivity contribution < 1.29 is 65.8 Å². The van der Waals surface area contributed by atoms with Crippen LogP contribution in [0.3, 0.4) is 0 Å². The largest absolute Gasteiger partial charge is 0.481 e. The third-order valence-corrected chi connectivity index (χ3v) is 14.8. The normalized spacial score (nSPS) is 12.2. The number of carboxylic acid groups (broad SMARTS) is 2. The van der Waals surface area contributed by atoms with E-state index in [2.05, 4.69) is 52.1 Å². The van der Waals surface area contributed by atoms with Crippen molar-refractivity contribution in [1.82, 2.24) is 25.3 Å². The van der Waals surface area contributed by atoms with Gasteiger partial charge in [-0.1, -0.05) is 36.4 Å². The number of aromatic nitrogens is 4. The highest BCUT2D eigenvalue weighted by Crippen LogP contribution is 2.36. The van der Waals surface area contributed by atoms with Gasteiger partial charge in [-0.05, 0) is 123 Å². The maximum absolute atomic E-state index is 12.2. The van der Waals surface area contributed by atoms with Crippen LogP contribution >= 0.6 is 58.9 Å². The number of hydrogen-bond acceptors (Lipinski definition) is 17. The van der Waals surface area contributed by atoms with Crippen LogP contribution in [-0.2, 0) is 68.7 Å². The zero-order chi connectivity index (χ0) is 53.7. The van der Waals surface area contributed by atoms with Gasteiger partial charge in [-0.25, -0.2) is 16.8 Å². The Morgan fingerprint density at radius 2 is 1.04 bits per heavy atom. The molecule has 410 valence electrons. The molecule has 0 aliphatic carbocycles. The number of benzene rings is 2. The van der Waals surface area contributed by atoms with Crippen LogP contribution in [-0.4, -0.2) is 100 Å². The van der Waals surface area contributed by atoms with Crippen molar-refractivity contribution in [3.8, 4) is 34.6 Å². The molecule has 4 aromatic heterocycles. The summed E-state index contributed by atoms with van der Waals surface area (Å²) in [5, 5.41) is 41.5. The lowest BCUT2D eigenvalue weighted by Crippen LogP contribution is -2.28. The molecule has 76 heavy (non-hydrogen) atoms. The Morgan fingerprint density at radius 3 is 1.50 bits per heavy atom. The summed E-state index contributed by atoms with van der Waals surface area (Å²) in [4.78, 5) is 39.7. The van der Waals surface area contributed by atoms with E-state index in [1.54, 1.807) is 12.1 Å². The average Bonchev–Trinajstić information content (AvgIpc) is 3.32. The molecular formula is C51H59Br2N5O14S4. The highest BCUT2D eigenvalue weighted by molar-refractivity contribution is 9.11. The molecule has 0 spiro atoms. The van der Waals surface area contributed by atoms with Crippen molar-refractivity contribution in [1.29, 1.82) is 0 Å². The first-order chi connectivity index (χ1) is 35.0. The van der Waals surface area contributed by atoms with Gasteiger partial charge in [0.25, 0.3) is 0 Å². The molecule has 0 radical (unpaired) electrons. The Kier molecular flexibility index (Phi) is 24.0. The molecule has 0 aliphatic heterocycles. The zero-order valence-corrected chi connectivity index (χ0v) is 48.6. The molecule has 0 unspecified atom stereocenters. The third-order valence-electron chi connectivity index (χ3n) is 11.5. The van der Waals surface area contributed by atoms with E-state index in [-0.39, 0.29) is 113 Å². The van der Waals surface area contributed by atoms with Crippen LogP contribution < -0.4 is 24.3 Å². The summed E-state index contributed by atoms with van der Waals surface area (Å²) < 4.78 is 74.7. The second kappa shape index (κ2) is 28.8. The number of aliphatic carboxylic acids is 2. The van der Waals surface area contributed by atoms with Gasteiger partial charge in [-0.15, -0.1) is 0 Å². The van der Waals surface area contributed by atoms with Gasteiger partial charge in [0, 0.05) is 72.6 Å².